The van der Waals surface area contributed by atoms with Gasteiger partial charge in [0.15, 0.2) is 0 Å². The first-order valence-corrected chi connectivity index (χ1v) is 8.29. The van der Waals surface area contributed by atoms with E-state index in [1.165, 1.54) is 36.2 Å². The first-order valence-electron chi connectivity index (χ1n) is 6.35. The number of hydrogen-bond acceptors (Lipinski definition) is 4. The van der Waals surface area contributed by atoms with Crippen LogP contribution < -0.4 is 0 Å². The maximum absolute atomic E-state index is 9.17. The van der Waals surface area contributed by atoms with Crippen molar-refractivity contribution in [3.8, 4) is 16.5 Å². The van der Waals surface area contributed by atoms with Crippen LogP contribution in [0.25, 0.3) is 10.4 Å². The van der Waals surface area contributed by atoms with Crippen molar-refractivity contribution < 1.29 is 4.18 Å². The molecule has 1 heterocycles. The molecule has 1 aromatic carbocycles. The van der Waals surface area contributed by atoms with E-state index >= 15 is 0 Å². The summed E-state index contributed by atoms with van der Waals surface area (Å²) in [5.41, 5.74) is 1.72. The maximum Gasteiger partial charge on any atom is 0.100 e. The lowest BCUT2D eigenvalue weighted by Crippen LogP contribution is -1.90. The van der Waals surface area contributed by atoms with Crippen molar-refractivity contribution in [2.75, 3.05) is 6.61 Å². The summed E-state index contributed by atoms with van der Waals surface area (Å²) in [5.74, 6) is 0.715. The van der Waals surface area contributed by atoms with Gasteiger partial charge in [-0.2, -0.15) is 5.26 Å². The summed E-state index contributed by atoms with van der Waals surface area (Å²) in [6.07, 6.45) is 2.53. The van der Waals surface area contributed by atoms with Gasteiger partial charge >= 0.3 is 0 Å². The molecule has 1 saturated carbocycles. The molecule has 0 saturated heterocycles. The molecule has 20 heavy (non-hydrogen) atoms. The molecule has 0 atom stereocenters. The Morgan fingerprint density at radius 2 is 2.20 bits per heavy atom. The number of thiophene rings is 1. The molecule has 102 valence electrons. The molecular weight excluding hydrogens is 310 g/mol. The van der Waals surface area contributed by atoms with Gasteiger partial charge in [-0.1, -0.05) is 17.7 Å². The van der Waals surface area contributed by atoms with Crippen LogP contribution in [0.3, 0.4) is 0 Å². The zero-order chi connectivity index (χ0) is 13.9. The first-order chi connectivity index (χ1) is 9.76. The minimum Gasteiger partial charge on any atom is -0.310 e. The quantitative estimate of drug-likeness (QED) is 0.694. The molecule has 0 radical (unpaired) electrons. The van der Waals surface area contributed by atoms with E-state index in [0.717, 1.165) is 26.3 Å². The Hall–Kier alpha value is -0.990. The van der Waals surface area contributed by atoms with Gasteiger partial charge in [0.25, 0.3) is 0 Å². The Kier molecular flexibility index (Phi) is 4.32. The second kappa shape index (κ2) is 6.19. The highest BCUT2D eigenvalue weighted by Crippen LogP contribution is 2.36. The van der Waals surface area contributed by atoms with Crippen LogP contribution >= 0.6 is 35.0 Å². The summed E-state index contributed by atoms with van der Waals surface area (Å²) in [7, 11) is 0. The number of nitrogens with zero attached hydrogens (tertiary/aromatic N) is 1. The zero-order valence-corrected chi connectivity index (χ0v) is 13.0. The Morgan fingerprint density at radius 3 is 2.85 bits per heavy atom. The highest BCUT2D eigenvalue weighted by molar-refractivity contribution is 7.94. The van der Waals surface area contributed by atoms with Crippen LogP contribution in [0.1, 0.15) is 18.4 Å². The minimum atomic E-state index is 0.650. The van der Waals surface area contributed by atoms with Crippen molar-refractivity contribution in [3.63, 3.8) is 0 Å². The Balaban J connectivity index is 1.80. The second-order valence-electron chi connectivity index (χ2n) is 4.74. The Labute approximate surface area is 131 Å². The average Bonchev–Trinajstić information content (AvgIpc) is 3.18. The third kappa shape index (κ3) is 3.36. The summed E-state index contributed by atoms with van der Waals surface area (Å²) in [6.45, 7) is 0.768. The molecule has 0 aliphatic heterocycles. The molecule has 0 N–H and O–H groups in total. The minimum absolute atomic E-state index is 0.650. The average molecular weight is 322 g/mol. The van der Waals surface area contributed by atoms with Crippen LogP contribution in [0.4, 0.5) is 0 Å². The maximum atomic E-state index is 9.17. The van der Waals surface area contributed by atoms with E-state index in [9.17, 15) is 0 Å². The molecule has 2 aromatic rings. The van der Waals surface area contributed by atoms with Crippen LogP contribution in [-0.2, 0) is 4.18 Å². The topological polar surface area (TPSA) is 33.0 Å². The second-order valence-corrected chi connectivity index (χ2v) is 7.30. The lowest BCUT2D eigenvalue weighted by molar-refractivity contribution is 0.352. The van der Waals surface area contributed by atoms with Gasteiger partial charge in [-0.3, -0.25) is 0 Å². The van der Waals surface area contributed by atoms with Crippen LogP contribution in [0.15, 0.2) is 35.2 Å². The lowest BCUT2D eigenvalue weighted by atomic mass is 10.1. The van der Waals surface area contributed by atoms with E-state index in [0.29, 0.717) is 11.5 Å². The van der Waals surface area contributed by atoms with Crippen LogP contribution in [0.5, 0.6) is 0 Å². The van der Waals surface area contributed by atoms with Crippen molar-refractivity contribution >= 4 is 35.0 Å². The molecule has 1 aliphatic rings. The molecule has 5 heteroatoms. The van der Waals surface area contributed by atoms with Crippen LogP contribution in [0.2, 0.25) is 4.34 Å². The van der Waals surface area contributed by atoms with Crippen molar-refractivity contribution in [3.05, 3.63) is 40.2 Å². The van der Waals surface area contributed by atoms with E-state index in [2.05, 4.69) is 6.07 Å². The number of nitriles is 1. The number of rotatable bonds is 5. The SMILES string of the molecule is N#Cc1ccc(-c2ccc(Cl)s2)cc1SOCC1CC1. The molecule has 1 aliphatic carbocycles. The van der Waals surface area contributed by atoms with Crippen molar-refractivity contribution in [2.45, 2.75) is 17.7 Å². The van der Waals surface area contributed by atoms with Crippen LogP contribution in [-0.4, -0.2) is 6.61 Å². The summed E-state index contributed by atoms with van der Waals surface area (Å²) in [6, 6.07) is 11.9. The summed E-state index contributed by atoms with van der Waals surface area (Å²) < 4.78 is 6.39. The third-order valence-electron chi connectivity index (χ3n) is 3.11. The molecule has 0 spiro atoms. The molecule has 3 rings (SSSR count). The molecule has 0 unspecified atom stereocenters. The highest BCUT2D eigenvalue weighted by atomic mass is 35.5. The molecule has 0 amide bonds. The molecule has 0 bridgehead atoms. The molecular formula is C15H12ClNOS2. The lowest BCUT2D eigenvalue weighted by Gasteiger charge is -2.06. The van der Waals surface area contributed by atoms with E-state index in [1.807, 2.05) is 30.3 Å². The van der Waals surface area contributed by atoms with E-state index in [-0.39, 0.29) is 0 Å². The van der Waals surface area contributed by atoms with E-state index in [4.69, 9.17) is 21.0 Å². The van der Waals surface area contributed by atoms with Crippen molar-refractivity contribution in [1.29, 1.82) is 5.26 Å². The van der Waals surface area contributed by atoms with Crippen molar-refractivity contribution in [1.82, 2.24) is 0 Å². The van der Waals surface area contributed by atoms with Gasteiger partial charge in [0.05, 0.1) is 21.4 Å². The van der Waals surface area contributed by atoms with Gasteiger partial charge in [0.2, 0.25) is 0 Å². The summed E-state index contributed by atoms with van der Waals surface area (Å²) >= 11 is 8.81. The van der Waals surface area contributed by atoms with Gasteiger partial charge in [-0.15, -0.1) is 11.3 Å². The normalized spacial score (nSPS) is 14.2. The highest BCUT2D eigenvalue weighted by Gasteiger charge is 2.21. The smallest absolute Gasteiger partial charge is 0.100 e. The number of benzene rings is 1. The predicted octanol–water partition coefficient (Wildman–Crippen LogP) is 5.37. The van der Waals surface area contributed by atoms with Gasteiger partial charge in [0.1, 0.15) is 6.07 Å². The Morgan fingerprint density at radius 1 is 1.35 bits per heavy atom. The number of hydrogen-bond donors (Lipinski definition) is 0. The van der Waals surface area contributed by atoms with Crippen LogP contribution in [0, 0.1) is 17.2 Å². The largest absolute Gasteiger partial charge is 0.310 e. The predicted molar refractivity (Wildman–Crippen MR) is 84.0 cm³/mol. The van der Waals surface area contributed by atoms with Gasteiger partial charge < -0.3 is 4.18 Å². The Bertz CT molecular complexity index is 658. The van der Waals surface area contributed by atoms with Gasteiger partial charge in [-0.25, -0.2) is 0 Å². The molecule has 1 fully saturated rings. The third-order valence-corrected chi connectivity index (χ3v) is 5.16. The summed E-state index contributed by atoms with van der Waals surface area (Å²) in [4.78, 5) is 1.97. The fraction of sp³-hybridized carbons (Fsp3) is 0.267. The van der Waals surface area contributed by atoms with Gasteiger partial charge in [0, 0.05) is 16.9 Å². The molecule has 2 nitrogen and oxygen atoms in total. The zero-order valence-electron chi connectivity index (χ0n) is 10.6. The standard InChI is InChI=1S/C15H12ClNOS2/c16-15-6-5-13(19-15)11-3-4-12(8-17)14(7-11)20-18-9-10-1-2-10/h3-7,10H,1-2,9H2. The van der Waals surface area contributed by atoms with Crippen molar-refractivity contribution in [2.24, 2.45) is 5.92 Å². The monoisotopic (exact) mass is 321 g/mol. The first kappa shape index (κ1) is 14.0. The van der Waals surface area contributed by atoms with E-state index in [1.54, 1.807) is 0 Å². The summed E-state index contributed by atoms with van der Waals surface area (Å²) in [5, 5.41) is 9.17. The van der Waals surface area contributed by atoms with Gasteiger partial charge in [-0.05, 0) is 48.6 Å². The molecule has 1 aromatic heterocycles. The fourth-order valence-electron chi connectivity index (χ4n) is 1.78. The fourth-order valence-corrected chi connectivity index (χ4v) is 3.59. The van der Waals surface area contributed by atoms with E-state index < -0.39 is 0 Å². The number of halogens is 1.